The number of hydrogen-bond donors (Lipinski definition) is 0. The zero-order chi connectivity index (χ0) is 19.4. The Morgan fingerprint density at radius 1 is 0.667 bits per heavy atom. The predicted molar refractivity (Wildman–Crippen MR) is 116 cm³/mol. The van der Waals surface area contributed by atoms with E-state index in [2.05, 4.69) is 58.3 Å². The van der Waals surface area contributed by atoms with Gasteiger partial charge in [-0.3, -0.25) is 4.79 Å². The van der Waals surface area contributed by atoms with Crippen molar-refractivity contribution >= 4 is 29.3 Å². The number of benzene rings is 2. The molecule has 0 heterocycles. The Kier molecular flexibility index (Phi) is 5.80. The molecule has 27 heavy (non-hydrogen) atoms. The molecule has 3 heteroatoms. The van der Waals surface area contributed by atoms with Crippen molar-refractivity contribution in [3.8, 4) is 0 Å². The molecule has 0 unspecified atom stereocenters. The first-order chi connectivity index (χ1) is 12.9. The van der Waals surface area contributed by atoms with Crippen LogP contribution in [-0.2, 0) is 4.79 Å². The van der Waals surface area contributed by atoms with Crippen molar-refractivity contribution in [1.29, 1.82) is 0 Å². The molecule has 0 N–H and O–H groups in total. The fourth-order valence-electron chi connectivity index (χ4n) is 3.32. The molecule has 0 bridgehead atoms. The zero-order valence-electron chi connectivity index (χ0n) is 16.7. The molecule has 0 aliphatic heterocycles. The third kappa shape index (κ3) is 4.68. The molecule has 2 aromatic rings. The van der Waals surface area contributed by atoms with Crippen LogP contribution in [0.1, 0.15) is 30.4 Å². The van der Waals surface area contributed by atoms with Crippen molar-refractivity contribution in [2.45, 2.75) is 19.3 Å². The second kappa shape index (κ2) is 8.26. The van der Waals surface area contributed by atoms with E-state index in [-0.39, 0.29) is 5.78 Å². The number of carbonyl (C=O) groups is 1. The highest BCUT2D eigenvalue weighted by atomic mass is 16.1. The minimum Gasteiger partial charge on any atom is -0.378 e. The molecule has 0 atom stereocenters. The quantitative estimate of drug-likeness (QED) is 0.714. The van der Waals surface area contributed by atoms with E-state index in [9.17, 15) is 4.79 Å². The number of ketones is 1. The molecular weight excluding hydrogens is 332 g/mol. The van der Waals surface area contributed by atoms with Crippen LogP contribution in [0.3, 0.4) is 0 Å². The molecule has 1 saturated carbocycles. The summed E-state index contributed by atoms with van der Waals surface area (Å²) in [7, 11) is 8.11. The zero-order valence-corrected chi connectivity index (χ0v) is 16.7. The van der Waals surface area contributed by atoms with Crippen molar-refractivity contribution in [1.82, 2.24) is 0 Å². The van der Waals surface area contributed by atoms with Crippen molar-refractivity contribution in [2.75, 3.05) is 38.0 Å². The van der Waals surface area contributed by atoms with Gasteiger partial charge < -0.3 is 9.80 Å². The first-order valence-electron chi connectivity index (χ1n) is 9.44. The van der Waals surface area contributed by atoms with E-state index < -0.39 is 0 Å². The third-order valence-corrected chi connectivity index (χ3v) is 4.98. The average Bonchev–Trinajstić information content (AvgIpc) is 2.66. The Labute approximate surface area is 162 Å². The van der Waals surface area contributed by atoms with E-state index in [1.807, 2.05) is 40.3 Å². The number of nitrogens with zero attached hydrogens (tertiary/aromatic N) is 2. The summed E-state index contributed by atoms with van der Waals surface area (Å²) in [5, 5.41) is 0. The van der Waals surface area contributed by atoms with Crippen LogP contribution in [0.2, 0.25) is 0 Å². The van der Waals surface area contributed by atoms with E-state index in [0.717, 1.165) is 52.9 Å². The van der Waals surface area contributed by atoms with Crippen LogP contribution in [0.4, 0.5) is 11.4 Å². The Hall–Kier alpha value is -2.81. The Bertz CT molecular complexity index is 785. The van der Waals surface area contributed by atoms with E-state index in [0.29, 0.717) is 0 Å². The van der Waals surface area contributed by atoms with Crippen molar-refractivity contribution in [3.63, 3.8) is 0 Å². The van der Waals surface area contributed by atoms with Crippen LogP contribution in [0.25, 0.3) is 12.2 Å². The first-order valence-corrected chi connectivity index (χ1v) is 9.44. The molecule has 0 saturated heterocycles. The maximum absolute atomic E-state index is 12.9. The number of hydrogen-bond acceptors (Lipinski definition) is 3. The summed E-state index contributed by atoms with van der Waals surface area (Å²) >= 11 is 0. The number of anilines is 2. The SMILES string of the molecule is CN(C)c1ccc(C=C2CCC/C(=C/c3ccc(N(C)C)cc3)C2=O)cc1. The summed E-state index contributed by atoms with van der Waals surface area (Å²) in [5.74, 6) is 0.189. The molecule has 1 fully saturated rings. The molecule has 0 spiro atoms. The molecule has 0 radical (unpaired) electrons. The van der Waals surface area contributed by atoms with Crippen LogP contribution < -0.4 is 9.80 Å². The molecule has 1 aliphatic carbocycles. The van der Waals surface area contributed by atoms with E-state index in [1.165, 1.54) is 0 Å². The van der Waals surface area contributed by atoms with Gasteiger partial charge in [0.25, 0.3) is 0 Å². The van der Waals surface area contributed by atoms with Gasteiger partial charge in [-0.05, 0) is 66.8 Å². The van der Waals surface area contributed by atoms with Gasteiger partial charge >= 0.3 is 0 Å². The van der Waals surface area contributed by atoms with E-state index in [1.54, 1.807) is 0 Å². The lowest BCUT2D eigenvalue weighted by Gasteiger charge is -2.17. The Balaban J connectivity index is 1.80. The first kappa shape index (κ1) is 19.0. The Morgan fingerprint density at radius 3 is 1.37 bits per heavy atom. The molecule has 140 valence electrons. The second-order valence-electron chi connectivity index (χ2n) is 7.49. The molecule has 3 nitrogen and oxygen atoms in total. The summed E-state index contributed by atoms with van der Waals surface area (Å²) in [6.45, 7) is 0. The lowest BCUT2D eigenvalue weighted by atomic mass is 9.87. The highest BCUT2D eigenvalue weighted by Gasteiger charge is 2.20. The Morgan fingerprint density at radius 2 is 1.04 bits per heavy atom. The number of rotatable bonds is 4. The number of Topliss-reactive ketones (excluding diaryl/α,β-unsaturated/α-hetero) is 1. The van der Waals surface area contributed by atoms with Gasteiger partial charge in [-0.1, -0.05) is 24.3 Å². The molecular formula is C24H28N2O. The molecule has 3 rings (SSSR count). The number of allylic oxidation sites excluding steroid dienone is 2. The van der Waals surface area contributed by atoms with Crippen molar-refractivity contribution < 1.29 is 4.79 Å². The molecule has 0 aromatic heterocycles. The maximum atomic E-state index is 12.9. The van der Waals surface area contributed by atoms with Gasteiger partial charge in [0.15, 0.2) is 5.78 Å². The van der Waals surface area contributed by atoms with Gasteiger partial charge in [0.2, 0.25) is 0 Å². The molecule has 1 aliphatic rings. The normalized spacial score (nSPS) is 17.4. The van der Waals surface area contributed by atoms with Crippen LogP contribution >= 0.6 is 0 Å². The van der Waals surface area contributed by atoms with Crippen LogP contribution in [0, 0.1) is 0 Å². The summed E-state index contributed by atoms with van der Waals surface area (Å²) in [6.07, 6.45) is 6.82. The lowest BCUT2D eigenvalue weighted by Crippen LogP contribution is -2.12. The van der Waals surface area contributed by atoms with Gasteiger partial charge in [0, 0.05) is 50.7 Å². The van der Waals surface area contributed by atoms with Gasteiger partial charge in [-0.2, -0.15) is 0 Å². The van der Waals surface area contributed by atoms with E-state index in [4.69, 9.17) is 0 Å². The van der Waals surface area contributed by atoms with Crippen molar-refractivity contribution in [3.05, 3.63) is 70.8 Å². The van der Waals surface area contributed by atoms with Gasteiger partial charge in [-0.15, -0.1) is 0 Å². The summed E-state index contributed by atoms with van der Waals surface area (Å²) < 4.78 is 0. The van der Waals surface area contributed by atoms with Gasteiger partial charge in [0.05, 0.1) is 0 Å². The average molecular weight is 361 g/mol. The summed E-state index contributed by atoms with van der Waals surface area (Å²) in [6, 6.07) is 16.7. The fraction of sp³-hybridized carbons (Fsp3) is 0.292. The summed E-state index contributed by atoms with van der Waals surface area (Å²) in [5.41, 5.74) is 6.31. The maximum Gasteiger partial charge on any atom is 0.185 e. The number of carbonyl (C=O) groups excluding carboxylic acids is 1. The topological polar surface area (TPSA) is 23.6 Å². The third-order valence-electron chi connectivity index (χ3n) is 4.98. The monoisotopic (exact) mass is 360 g/mol. The largest absolute Gasteiger partial charge is 0.378 e. The smallest absolute Gasteiger partial charge is 0.185 e. The summed E-state index contributed by atoms with van der Waals surface area (Å²) in [4.78, 5) is 17.1. The highest BCUT2D eigenvalue weighted by molar-refractivity contribution is 6.14. The minimum absolute atomic E-state index is 0.189. The van der Waals surface area contributed by atoms with E-state index >= 15 is 0 Å². The highest BCUT2D eigenvalue weighted by Crippen LogP contribution is 2.28. The van der Waals surface area contributed by atoms with Crippen LogP contribution in [0.15, 0.2) is 59.7 Å². The second-order valence-corrected chi connectivity index (χ2v) is 7.49. The molecule has 2 aromatic carbocycles. The van der Waals surface area contributed by atoms with Crippen LogP contribution in [0.5, 0.6) is 0 Å². The van der Waals surface area contributed by atoms with Crippen molar-refractivity contribution in [2.24, 2.45) is 0 Å². The fourth-order valence-corrected chi connectivity index (χ4v) is 3.32. The lowest BCUT2D eigenvalue weighted by molar-refractivity contribution is -0.112. The minimum atomic E-state index is 0.189. The predicted octanol–water partition coefficient (Wildman–Crippen LogP) is 5.04. The molecule has 0 amide bonds. The standard InChI is InChI=1S/C24H28N2O/c1-25(2)22-12-8-18(9-13-22)16-20-6-5-7-21(24(20)27)17-19-10-14-23(15-11-19)26(3)4/h8-17H,5-7H2,1-4H3/b20-16-,21-17?. The van der Waals surface area contributed by atoms with Gasteiger partial charge in [0.1, 0.15) is 0 Å². The van der Waals surface area contributed by atoms with Gasteiger partial charge in [-0.25, -0.2) is 0 Å². The van der Waals surface area contributed by atoms with Crippen LogP contribution in [-0.4, -0.2) is 34.0 Å².